The van der Waals surface area contributed by atoms with Gasteiger partial charge in [0.1, 0.15) is 6.54 Å². The second-order valence-electron chi connectivity index (χ2n) is 4.22. The zero-order valence-electron chi connectivity index (χ0n) is 10.5. The standard InChI is InChI=1S/C13H16N4O/c1-9-10(2)17(8-15-9)7-13(18)16-12-5-3-4-11(14)6-12/h3-6,8H,7,14H2,1-2H3,(H,16,18). The molecule has 5 heteroatoms. The lowest BCUT2D eigenvalue weighted by Gasteiger charge is -2.07. The molecule has 0 saturated heterocycles. The first kappa shape index (κ1) is 12.2. The molecule has 1 aromatic heterocycles. The van der Waals surface area contributed by atoms with Crippen molar-refractivity contribution < 1.29 is 4.79 Å². The molecule has 1 aromatic carbocycles. The number of hydrogen-bond donors (Lipinski definition) is 2. The van der Waals surface area contributed by atoms with Crippen LogP contribution in [0, 0.1) is 13.8 Å². The quantitative estimate of drug-likeness (QED) is 0.807. The Kier molecular flexibility index (Phi) is 3.32. The Bertz CT molecular complexity index is 574. The SMILES string of the molecule is Cc1ncn(CC(=O)Nc2cccc(N)c2)c1C. The second kappa shape index (κ2) is 4.91. The number of carbonyl (C=O) groups is 1. The number of nitrogen functional groups attached to an aromatic ring is 1. The minimum absolute atomic E-state index is 0.0962. The highest BCUT2D eigenvalue weighted by Crippen LogP contribution is 2.12. The number of nitrogens with zero attached hydrogens (tertiary/aromatic N) is 2. The Morgan fingerprint density at radius 1 is 1.44 bits per heavy atom. The molecule has 0 aliphatic carbocycles. The van der Waals surface area contributed by atoms with Crippen LogP contribution < -0.4 is 11.1 Å². The Hall–Kier alpha value is -2.30. The maximum atomic E-state index is 11.9. The third-order valence-electron chi connectivity index (χ3n) is 2.83. The van der Waals surface area contributed by atoms with Crippen molar-refractivity contribution in [2.45, 2.75) is 20.4 Å². The lowest BCUT2D eigenvalue weighted by molar-refractivity contribution is -0.116. The maximum Gasteiger partial charge on any atom is 0.244 e. The molecule has 2 aromatic rings. The predicted octanol–water partition coefficient (Wildman–Crippen LogP) is 1.72. The first-order valence-corrected chi connectivity index (χ1v) is 5.70. The van der Waals surface area contributed by atoms with Gasteiger partial charge in [-0.15, -0.1) is 0 Å². The maximum absolute atomic E-state index is 11.9. The number of aryl methyl sites for hydroxylation is 1. The molecule has 2 rings (SSSR count). The lowest BCUT2D eigenvalue weighted by Crippen LogP contribution is -2.19. The summed E-state index contributed by atoms with van der Waals surface area (Å²) in [6.07, 6.45) is 1.67. The van der Waals surface area contributed by atoms with Gasteiger partial charge < -0.3 is 15.6 Å². The third kappa shape index (κ3) is 2.68. The molecule has 0 radical (unpaired) electrons. The van der Waals surface area contributed by atoms with Crippen LogP contribution in [0.15, 0.2) is 30.6 Å². The number of amides is 1. The van der Waals surface area contributed by atoms with Crippen molar-refractivity contribution in [2.75, 3.05) is 11.1 Å². The Morgan fingerprint density at radius 3 is 2.83 bits per heavy atom. The van der Waals surface area contributed by atoms with Crippen molar-refractivity contribution in [2.24, 2.45) is 0 Å². The van der Waals surface area contributed by atoms with E-state index >= 15 is 0 Å². The van der Waals surface area contributed by atoms with Gasteiger partial charge in [-0.3, -0.25) is 4.79 Å². The summed E-state index contributed by atoms with van der Waals surface area (Å²) >= 11 is 0. The first-order chi connectivity index (χ1) is 8.56. The Balaban J connectivity index is 2.03. The van der Waals surface area contributed by atoms with E-state index in [0.717, 1.165) is 11.4 Å². The van der Waals surface area contributed by atoms with Gasteiger partial charge >= 0.3 is 0 Å². The van der Waals surface area contributed by atoms with Crippen molar-refractivity contribution in [3.8, 4) is 0 Å². The van der Waals surface area contributed by atoms with Crippen molar-refractivity contribution in [1.82, 2.24) is 9.55 Å². The van der Waals surface area contributed by atoms with E-state index in [1.54, 1.807) is 30.6 Å². The van der Waals surface area contributed by atoms with Gasteiger partial charge in [0.05, 0.1) is 12.0 Å². The molecular formula is C13H16N4O. The van der Waals surface area contributed by atoms with Crippen LogP contribution in [0.2, 0.25) is 0 Å². The number of hydrogen-bond acceptors (Lipinski definition) is 3. The van der Waals surface area contributed by atoms with E-state index in [0.29, 0.717) is 11.4 Å². The first-order valence-electron chi connectivity index (χ1n) is 5.70. The smallest absolute Gasteiger partial charge is 0.244 e. The summed E-state index contributed by atoms with van der Waals surface area (Å²) in [7, 11) is 0. The van der Waals surface area contributed by atoms with Crippen LogP contribution in [0.3, 0.4) is 0 Å². The average molecular weight is 244 g/mol. The van der Waals surface area contributed by atoms with Crippen molar-refractivity contribution in [3.05, 3.63) is 42.0 Å². The summed E-state index contributed by atoms with van der Waals surface area (Å²) in [5.74, 6) is -0.0962. The molecule has 18 heavy (non-hydrogen) atoms. The number of anilines is 2. The molecule has 0 unspecified atom stereocenters. The number of rotatable bonds is 3. The van der Waals surface area contributed by atoms with Gasteiger partial charge in [-0.05, 0) is 32.0 Å². The van der Waals surface area contributed by atoms with E-state index in [-0.39, 0.29) is 12.5 Å². The van der Waals surface area contributed by atoms with E-state index in [4.69, 9.17) is 5.73 Å². The largest absolute Gasteiger partial charge is 0.399 e. The normalized spacial score (nSPS) is 10.3. The van der Waals surface area contributed by atoms with E-state index in [1.165, 1.54) is 0 Å². The van der Waals surface area contributed by atoms with Crippen LogP contribution in [0.5, 0.6) is 0 Å². The van der Waals surface area contributed by atoms with Gasteiger partial charge in [0.15, 0.2) is 0 Å². The molecule has 94 valence electrons. The van der Waals surface area contributed by atoms with Gasteiger partial charge in [-0.2, -0.15) is 0 Å². The molecule has 1 heterocycles. The summed E-state index contributed by atoms with van der Waals surface area (Å²) in [4.78, 5) is 16.0. The van der Waals surface area contributed by atoms with Gasteiger partial charge in [-0.1, -0.05) is 6.07 Å². The highest BCUT2D eigenvalue weighted by molar-refractivity contribution is 5.91. The zero-order chi connectivity index (χ0) is 13.1. The fourth-order valence-corrected chi connectivity index (χ4v) is 1.68. The molecule has 3 N–H and O–H groups in total. The second-order valence-corrected chi connectivity index (χ2v) is 4.22. The molecule has 0 bridgehead atoms. The molecule has 5 nitrogen and oxygen atoms in total. The summed E-state index contributed by atoms with van der Waals surface area (Å²) in [6.45, 7) is 4.11. The number of benzene rings is 1. The van der Waals surface area contributed by atoms with Crippen LogP contribution in [-0.2, 0) is 11.3 Å². The topological polar surface area (TPSA) is 72.9 Å². The van der Waals surface area contributed by atoms with Crippen LogP contribution in [0.4, 0.5) is 11.4 Å². The predicted molar refractivity (Wildman–Crippen MR) is 71.2 cm³/mol. The fourth-order valence-electron chi connectivity index (χ4n) is 1.68. The lowest BCUT2D eigenvalue weighted by atomic mass is 10.3. The van der Waals surface area contributed by atoms with Crippen LogP contribution in [-0.4, -0.2) is 15.5 Å². The third-order valence-corrected chi connectivity index (χ3v) is 2.83. The summed E-state index contributed by atoms with van der Waals surface area (Å²) in [6, 6.07) is 7.11. The van der Waals surface area contributed by atoms with Crippen LogP contribution >= 0.6 is 0 Å². The van der Waals surface area contributed by atoms with Crippen LogP contribution in [0.25, 0.3) is 0 Å². The molecule has 0 fully saturated rings. The molecular weight excluding hydrogens is 228 g/mol. The average Bonchev–Trinajstić information content (AvgIpc) is 2.61. The zero-order valence-corrected chi connectivity index (χ0v) is 10.5. The van der Waals surface area contributed by atoms with Crippen molar-refractivity contribution in [3.63, 3.8) is 0 Å². The molecule has 0 saturated carbocycles. The summed E-state index contributed by atoms with van der Waals surface area (Å²) in [5.41, 5.74) is 8.91. The Morgan fingerprint density at radius 2 is 2.22 bits per heavy atom. The number of nitrogens with one attached hydrogen (secondary N) is 1. The van der Waals surface area contributed by atoms with E-state index < -0.39 is 0 Å². The highest BCUT2D eigenvalue weighted by atomic mass is 16.1. The monoisotopic (exact) mass is 244 g/mol. The summed E-state index contributed by atoms with van der Waals surface area (Å²) < 4.78 is 1.82. The molecule has 1 amide bonds. The van der Waals surface area contributed by atoms with Gasteiger partial charge in [0.25, 0.3) is 0 Å². The molecule has 0 spiro atoms. The molecule has 0 aliphatic heterocycles. The van der Waals surface area contributed by atoms with Crippen molar-refractivity contribution >= 4 is 17.3 Å². The number of aromatic nitrogens is 2. The Labute approximate surface area is 106 Å². The van der Waals surface area contributed by atoms with E-state index in [1.807, 2.05) is 18.4 Å². The number of carbonyl (C=O) groups excluding carboxylic acids is 1. The van der Waals surface area contributed by atoms with Gasteiger partial charge in [0.2, 0.25) is 5.91 Å². The summed E-state index contributed by atoms with van der Waals surface area (Å²) in [5, 5.41) is 2.80. The number of imidazole rings is 1. The van der Waals surface area contributed by atoms with Gasteiger partial charge in [0, 0.05) is 17.1 Å². The van der Waals surface area contributed by atoms with E-state index in [9.17, 15) is 4.79 Å². The van der Waals surface area contributed by atoms with Crippen molar-refractivity contribution in [1.29, 1.82) is 0 Å². The molecule has 0 aliphatic rings. The minimum Gasteiger partial charge on any atom is -0.399 e. The van der Waals surface area contributed by atoms with E-state index in [2.05, 4.69) is 10.3 Å². The highest BCUT2D eigenvalue weighted by Gasteiger charge is 2.07. The number of nitrogens with two attached hydrogens (primary N) is 1. The van der Waals surface area contributed by atoms with Crippen LogP contribution in [0.1, 0.15) is 11.4 Å². The fraction of sp³-hybridized carbons (Fsp3) is 0.231. The minimum atomic E-state index is -0.0962. The molecule has 0 atom stereocenters. The van der Waals surface area contributed by atoms with Gasteiger partial charge in [-0.25, -0.2) is 4.98 Å².